The van der Waals surface area contributed by atoms with Gasteiger partial charge in [0.25, 0.3) is 21.8 Å². The standard InChI is InChI=1S/C25H25N3O6S/c1-2-16-34-25(31)22-13-10-20(17-27-22)24(30)28-35(32,33)21-11-8-19(9-12-21)23(29)26-15-14-18-6-4-3-5-7-18/h3-13,17H,2,14-16H2,1H3,(H,26,29)(H,28,30). The van der Waals surface area contributed by atoms with Crippen LogP contribution in [0, 0.1) is 0 Å². The van der Waals surface area contributed by atoms with Crippen molar-refractivity contribution in [1.82, 2.24) is 15.0 Å². The first kappa shape index (κ1) is 25.6. The van der Waals surface area contributed by atoms with Gasteiger partial charge in [-0.05, 0) is 54.8 Å². The number of carbonyl (C=O) groups is 3. The fraction of sp³-hybridized carbons (Fsp3) is 0.200. The number of ether oxygens (including phenoxy) is 1. The smallest absolute Gasteiger partial charge is 0.356 e. The molecule has 0 radical (unpaired) electrons. The lowest BCUT2D eigenvalue weighted by atomic mass is 10.1. The summed E-state index contributed by atoms with van der Waals surface area (Å²) in [5.41, 5.74) is 1.34. The van der Waals surface area contributed by atoms with E-state index in [1.165, 1.54) is 36.4 Å². The molecular formula is C25H25N3O6S. The molecule has 2 N–H and O–H groups in total. The SMILES string of the molecule is CCCOC(=O)c1ccc(C(=O)NS(=O)(=O)c2ccc(C(=O)NCCc3ccccc3)cc2)cn1. The highest BCUT2D eigenvalue weighted by molar-refractivity contribution is 7.90. The van der Waals surface area contributed by atoms with Gasteiger partial charge in [-0.25, -0.2) is 22.9 Å². The molecule has 2 amide bonds. The molecule has 3 rings (SSSR count). The van der Waals surface area contributed by atoms with E-state index in [1.807, 2.05) is 42.0 Å². The van der Waals surface area contributed by atoms with Gasteiger partial charge < -0.3 is 10.1 Å². The maximum atomic E-state index is 12.6. The predicted octanol–water partition coefficient (Wildman–Crippen LogP) is 2.74. The van der Waals surface area contributed by atoms with Crippen molar-refractivity contribution in [3.8, 4) is 0 Å². The minimum atomic E-state index is -4.19. The van der Waals surface area contributed by atoms with Gasteiger partial charge in [0.1, 0.15) is 5.69 Å². The second-order valence-corrected chi connectivity index (χ2v) is 9.20. The van der Waals surface area contributed by atoms with E-state index in [0.717, 1.165) is 11.8 Å². The molecule has 0 aliphatic rings. The van der Waals surface area contributed by atoms with E-state index in [0.29, 0.717) is 19.4 Å². The van der Waals surface area contributed by atoms with Gasteiger partial charge in [-0.15, -0.1) is 0 Å². The van der Waals surface area contributed by atoms with Crippen molar-refractivity contribution in [2.24, 2.45) is 0 Å². The first-order valence-electron chi connectivity index (χ1n) is 10.9. The Kier molecular flexibility index (Phi) is 8.69. The summed E-state index contributed by atoms with van der Waals surface area (Å²) in [5.74, 6) is -1.87. The van der Waals surface area contributed by atoms with E-state index in [-0.39, 0.29) is 34.2 Å². The number of pyridine rings is 1. The van der Waals surface area contributed by atoms with Crippen LogP contribution >= 0.6 is 0 Å². The van der Waals surface area contributed by atoms with Crippen molar-refractivity contribution in [3.63, 3.8) is 0 Å². The van der Waals surface area contributed by atoms with Crippen LogP contribution in [-0.2, 0) is 21.2 Å². The molecule has 10 heteroatoms. The summed E-state index contributed by atoms with van der Waals surface area (Å²) in [6.07, 6.45) is 2.42. The van der Waals surface area contributed by atoms with E-state index in [9.17, 15) is 22.8 Å². The molecule has 0 spiro atoms. The summed E-state index contributed by atoms with van der Waals surface area (Å²) in [4.78, 5) is 40.2. The van der Waals surface area contributed by atoms with E-state index in [4.69, 9.17) is 4.74 Å². The highest BCUT2D eigenvalue weighted by atomic mass is 32.2. The van der Waals surface area contributed by atoms with Crippen LogP contribution in [0.2, 0.25) is 0 Å². The Labute approximate surface area is 203 Å². The Balaban J connectivity index is 1.57. The quantitative estimate of drug-likeness (QED) is 0.413. The molecule has 9 nitrogen and oxygen atoms in total. The molecule has 182 valence electrons. The Bertz CT molecular complexity index is 1280. The van der Waals surface area contributed by atoms with Crippen LogP contribution < -0.4 is 10.0 Å². The second-order valence-electron chi connectivity index (χ2n) is 7.52. The number of nitrogens with one attached hydrogen (secondary N) is 2. The molecule has 0 bridgehead atoms. The van der Waals surface area contributed by atoms with Gasteiger partial charge >= 0.3 is 5.97 Å². The monoisotopic (exact) mass is 495 g/mol. The van der Waals surface area contributed by atoms with Crippen LogP contribution in [0.1, 0.15) is 50.1 Å². The zero-order valence-electron chi connectivity index (χ0n) is 19.1. The van der Waals surface area contributed by atoms with Crippen LogP contribution in [0.4, 0.5) is 0 Å². The normalized spacial score (nSPS) is 10.9. The van der Waals surface area contributed by atoms with Gasteiger partial charge in [-0.2, -0.15) is 0 Å². The zero-order chi connectivity index (χ0) is 25.3. The molecule has 3 aromatic rings. The molecule has 1 aromatic heterocycles. The Hall–Kier alpha value is -4.05. The van der Waals surface area contributed by atoms with Gasteiger partial charge in [-0.1, -0.05) is 37.3 Å². The average molecular weight is 496 g/mol. The molecule has 0 aliphatic carbocycles. The largest absolute Gasteiger partial charge is 0.461 e. The topological polar surface area (TPSA) is 132 Å². The van der Waals surface area contributed by atoms with Crippen molar-refractivity contribution >= 4 is 27.8 Å². The predicted molar refractivity (Wildman–Crippen MR) is 128 cm³/mol. The van der Waals surface area contributed by atoms with Crippen LogP contribution in [0.3, 0.4) is 0 Å². The van der Waals surface area contributed by atoms with E-state index in [1.54, 1.807) is 0 Å². The summed E-state index contributed by atoms with van der Waals surface area (Å²) < 4.78 is 32.1. The molecule has 35 heavy (non-hydrogen) atoms. The van der Waals surface area contributed by atoms with Gasteiger partial charge in [-0.3, -0.25) is 9.59 Å². The third-order valence-corrected chi connectivity index (χ3v) is 6.21. The van der Waals surface area contributed by atoms with E-state index >= 15 is 0 Å². The summed E-state index contributed by atoms with van der Waals surface area (Å²) in [6.45, 7) is 2.53. The lowest BCUT2D eigenvalue weighted by Gasteiger charge is -2.09. The van der Waals surface area contributed by atoms with Crippen molar-refractivity contribution in [2.75, 3.05) is 13.2 Å². The zero-order valence-corrected chi connectivity index (χ0v) is 19.9. The summed E-state index contributed by atoms with van der Waals surface area (Å²) in [6, 6.07) is 17.5. The third-order valence-electron chi connectivity index (χ3n) is 4.87. The van der Waals surface area contributed by atoms with Crippen LogP contribution in [0.5, 0.6) is 0 Å². The third kappa shape index (κ3) is 7.21. The van der Waals surface area contributed by atoms with E-state index in [2.05, 4.69) is 10.3 Å². The van der Waals surface area contributed by atoms with Gasteiger partial charge in [0.05, 0.1) is 17.1 Å². The molecule has 0 saturated heterocycles. The number of benzene rings is 2. The van der Waals surface area contributed by atoms with E-state index < -0.39 is 21.9 Å². The number of aromatic nitrogens is 1. The van der Waals surface area contributed by atoms with Crippen molar-refractivity contribution < 1.29 is 27.5 Å². The molecule has 0 atom stereocenters. The Morgan fingerprint density at radius 2 is 1.57 bits per heavy atom. The maximum Gasteiger partial charge on any atom is 0.356 e. The molecule has 0 unspecified atom stereocenters. The number of carbonyl (C=O) groups excluding carboxylic acids is 3. The Morgan fingerprint density at radius 3 is 2.20 bits per heavy atom. The minimum Gasteiger partial charge on any atom is -0.461 e. The molecule has 2 aromatic carbocycles. The van der Waals surface area contributed by atoms with Crippen molar-refractivity contribution in [2.45, 2.75) is 24.7 Å². The number of esters is 1. The number of nitrogens with zero attached hydrogens (tertiary/aromatic N) is 1. The first-order chi connectivity index (χ1) is 16.8. The number of rotatable bonds is 10. The van der Waals surface area contributed by atoms with Crippen molar-refractivity contribution in [1.29, 1.82) is 0 Å². The Morgan fingerprint density at radius 1 is 0.886 bits per heavy atom. The summed E-state index contributed by atoms with van der Waals surface area (Å²) >= 11 is 0. The highest BCUT2D eigenvalue weighted by Gasteiger charge is 2.20. The number of hydrogen-bond donors (Lipinski definition) is 2. The molecule has 0 aliphatic heterocycles. The fourth-order valence-electron chi connectivity index (χ4n) is 3.01. The number of sulfonamides is 1. The number of hydrogen-bond acceptors (Lipinski definition) is 7. The molecular weight excluding hydrogens is 470 g/mol. The molecule has 0 fully saturated rings. The maximum absolute atomic E-state index is 12.6. The molecule has 1 heterocycles. The highest BCUT2D eigenvalue weighted by Crippen LogP contribution is 2.12. The summed E-state index contributed by atoms with van der Waals surface area (Å²) in [5, 5.41) is 2.78. The summed E-state index contributed by atoms with van der Waals surface area (Å²) in [7, 11) is -4.19. The average Bonchev–Trinajstić information content (AvgIpc) is 2.87. The van der Waals surface area contributed by atoms with Gasteiger partial charge in [0.2, 0.25) is 0 Å². The fourth-order valence-corrected chi connectivity index (χ4v) is 3.98. The van der Waals surface area contributed by atoms with Crippen LogP contribution in [0.15, 0.2) is 77.8 Å². The van der Waals surface area contributed by atoms with Gasteiger partial charge in [0, 0.05) is 18.3 Å². The van der Waals surface area contributed by atoms with Crippen LogP contribution in [-0.4, -0.2) is 44.3 Å². The lowest BCUT2D eigenvalue weighted by Crippen LogP contribution is -2.31. The number of amides is 2. The van der Waals surface area contributed by atoms with Gasteiger partial charge in [0.15, 0.2) is 0 Å². The molecule has 0 saturated carbocycles. The minimum absolute atomic E-state index is 0.00971. The van der Waals surface area contributed by atoms with Crippen LogP contribution in [0.25, 0.3) is 0 Å². The second kappa shape index (κ2) is 11.9. The lowest BCUT2D eigenvalue weighted by molar-refractivity contribution is 0.0497. The first-order valence-corrected chi connectivity index (χ1v) is 12.4. The van der Waals surface area contributed by atoms with Crippen molar-refractivity contribution in [3.05, 3.63) is 95.3 Å².